The number of benzene rings is 2. The Morgan fingerprint density at radius 2 is 1.50 bits per heavy atom. The largest absolute Gasteiger partial charge is 0.417 e. The highest BCUT2D eigenvalue weighted by Gasteiger charge is 2.33. The van der Waals surface area contributed by atoms with Crippen LogP contribution in [0.3, 0.4) is 0 Å². The van der Waals surface area contributed by atoms with E-state index < -0.39 is 23.4 Å². The second-order valence-electron chi connectivity index (χ2n) is 4.01. The lowest BCUT2D eigenvalue weighted by Crippen LogP contribution is -2.08. The molecule has 0 bridgehead atoms. The van der Waals surface area contributed by atoms with Gasteiger partial charge in [0, 0.05) is 5.56 Å². The minimum atomic E-state index is -4.67. The molecule has 6 heteroatoms. The van der Waals surface area contributed by atoms with Crippen LogP contribution in [0.25, 0.3) is 11.1 Å². The third-order valence-electron chi connectivity index (χ3n) is 2.74. The lowest BCUT2D eigenvalue weighted by molar-refractivity contribution is -0.137. The van der Waals surface area contributed by atoms with Crippen molar-refractivity contribution in [3.05, 3.63) is 59.2 Å². The van der Waals surface area contributed by atoms with Crippen molar-refractivity contribution in [2.45, 2.75) is 6.18 Å². The third-order valence-corrected chi connectivity index (χ3v) is 2.74. The molecule has 0 unspecified atom stereocenters. The van der Waals surface area contributed by atoms with E-state index in [9.17, 15) is 26.7 Å². The van der Waals surface area contributed by atoms with Crippen molar-refractivity contribution in [3.63, 3.8) is 0 Å². The fraction of sp³-hybridized carbons (Fsp3) is 0.0714. The highest BCUT2D eigenvalue weighted by Crippen LogP contribution is 2.38. The summed E-state index contributed by atoms with van der Waals surface area (Å²) in [4.78, 5) is 10.9. The minimum absolute atomic E-state index is 0.186. The van der Waals surface area contributed by atoms with Crippen LogP contribution in [0.15, 0.2) is 36.4 Å². The highest BCUT2D eigenvalue weighted by atomic mass is 19.4. The third kappa shape index (κ3) is 2.54. The van der Waals surface area contributed by atoms with Crippen molar-refractivity contribution in [2.24, 2.45) is 0 Å². The summed E-state index contributed by atoms with van der Waals surface area (Å²) in [6, 6.07) is 5.56. The molecule has 0 N–H and O–H groups in total. The highest BCUT2D eigenvalue weighted by molar-refractivity contribution is 5.88. The zero-order valence-electron chi connectivity index (χ0n) is 9.84. The van der Waals surface area contributed by atoms with Gasteiger partial charge in [0.1, 0.15) is 0 Å². The number of alkyl halides is 3. The summed E-state index contributed by atoms with van der Waals surface area (Å²) >= 11 is 0. The molecule has 1 nitrogen and oxygen atoms in total. The van der Waals surface area contributed by atoms with Crippen molar-refractivity contribution < 1.29 is 26.7 Å². The van der Waals surface area contributed by atoms with Crippen molar-refractivity contribution >= 4 is 6.29 Å². The van der Waals surface area contributed by atoms with Gasteiger partial charge in [-0.15, -0.1) is 0 Å². The Balaban J connectivity index is 2.75. The zero-order valence-corrected chi connectivity index (χ0v) is 9.84. The van der Waals surface area contributed by atoms with Gasteiger partial charge >= 0.3 is 6.18 Å². The molecular formula is C14H7F5O. The van der Waals surface area contributed by atoms with E-state index in [0.717, 1.165) is 12.1 Å². The summed E-state index contributed by atoms with van der Waals surface area (Å²) in [6.45, 7) is 0. The van der Waals surface area contributed by atoms with Crippen molar-refractivity contribution in [2.75, 3.05) is 0 Å². The first-order valence-electron chi connectivity index (χ1n) is 5.45. The normalized spacial score (nSPS) is 11.4. The standard InChI is InChI=1S/C14H7F5O/c15-12-5-8(7-20)10(6-13(12)16)9-3-1-2-4-11(9)14(17,18)19/h1-7H. The van der Waals surface area contributed by atoms with Gasteiger partial charge in [0.05, 0.1) is 5.56 Å². The average Bonchev–Trinajstić information content (AvgIpc) is 2.40. The van der Waals surface area contributed by atoms with E-state index in [-0.39, 0.29) is 23.0 Å². The van der Waals surface area contributed by atoms with Crippen LogP contribution in [0.1, 0.15) is 15.9 Å². The minimum Gasteiger partial charge on any atom is -0.298 e. The first-order chi connectivity index (χ1) is 9.34. The Labute approximate surface area is 110 Å². The van der Waals surface area contributed by atoms with Crippen LogP contribution < -0.4 is 0 Å². The molecule has 20 heavy (non-hydrogen) atoms. The summed E-state index contributed by atoms with van der Waals surface area (Å²) in [5.74, 6) is -2.61. The quantitative estimate of drug-likeness (QED) is 0.588. The number of carbonyl (C=O) groups excluding carboxylic acids is 1. The average molecular weight is 286 g/mol. The van der Waals surface area contributed by atoms with Crippen LogP contribution in [0.4, 0.5) is 22.0 Å². The molecule has 0 saturated heterocycles. The number of carbonyl (C=O) groups is 1. The lowest BCUT2D eigenvalue weighted by Gasteiger charge is -2.14. The molecule has 0 aliphatic rings. The van der Waals surface area contributed by atoms with Gasteiger partial charge in [0.2, 0.25) is 0 Å². The second kappa shape index (κ2) is 5.03. The molecule has 2 aromatic rings. The van der Waals surface area contributed by atoms with Crippen molar-refractivity contribution in [1.82, 2.24) is 0 Å². The molecule has 0 heterocycles. The number of hydrogen-bond acceptors (Lipinski definition) is 1. The second-order valence-corrected chi connectivity index (χ2v) is 4.01. The molecule has 0 amide bonds. The van der Waals surface area contributed by atoms with Gasteiger partial charge in [-0.2, -0.15) is 13.2 Å². The summed E-state index contributed by atoms with van der Waals surface area (Å²) in [5.41, 5.74) is -2.04. The first kappa shape index (κ1) is 14.2. The van der Waals surface area contributed by atoms with E-state index in [1.165, 1.54) is 12.1 Å². The van der Waals surface area contributed by atoms with E-state index >= 15 is 0 Å². The van der Waals surface area contributed by atoms with Crippen LogP contribution in [-0.2, 0) is 6.18 Å². The molecule has 0 radical (unpaired) electrons. The molecule has 104 valence electrons. The molecular weight excluding hydrogens is 279 g/mol. The molecule has 0 fully saturated rings. The topological polar surface area (TPSA) is 17.1 Å². The van der Waals surface area contributed by atoms with Crippen LogP contribution >= 0.6 is 0 Å². The predicted octanol–water partition coefficient (Wildman–Crippen LogP) is 4.46. The Morgan fingerprint density at radius 1 is 0.900 bits per heavy atom. The van der Waals surface area contributed by atoms with Gasteiger partial charge < -0.3 is 0 Å². The van der Waals surface area contributed by atoms with Gasteiger partial charge in [0.15, 0.2) is 17.9 Å². The maximum absolute atomic E-state index is 13.2. The molecule has 0 atom stereocenters. The molecule has 2 rings (SSSR count). The van der Waals surface area contributed by atoms with E-state index in [0.29, 0.717) is 12.1 Å². The number of halogens is 5. The molecule has 2 aromatic carbocycles. The van der Waals surface area contributed by atoms with E-state index in [1.807, 2.05) is 0 Å². The summed E-state index contributed by atoms with van der Waals surface area (Å²) in [6.07, 6.45) is -4.48. The molecule has 0 aliphatic carbocycles. The Morgan fingerprint density at radius 3 is 2.10 bits per heavy atom. The van der Waals surface area contributed by atoms with Gasteiger partial charge in [-0.05, 0) is 29.3 Å². The molecule has 0 spiro atoms. The zero-order chi connectivity index (χ0) is 14.9. The van der Waals surface area contributed by atoms with E-state index in [1.54, 1.807) is 0 Å². The monoisotopic (exact) mass is 286 g/mol. The van der Waals surface area contributed by atoms with Gasteiger partial charge in [-0.25, -0.2) is 8.78 Å². The van der Waals surface area contributed by atoms with E-state index in [2.05, 4.69) is 0 Å². The number of rotatable bonds is 2. The van der Waals surface area contributed by atoms with Gasteiger partial charge in [-0.3, -0.25) is 4.79 Å². The Bertz CT molecular complexity index is 661. The maximum atomic E-state index is 13.2. The Hall–Kier alpha value is -2.24. The first-order valence-corrected chi connectivity index (χ1v) is 5.45. The smallest absolute Gasteiger partial charge is 0.298 e. The molecule has 0 aliphatic heterocycles. The van der Waals surface area contributed by atoms with Crippen LogP contribution in [0, 0.1) is 11.6 Å². The fourth-order valence-electron chi connectivity index (χ4n) is 1.86. The van der Waals surface area contributed by atoms with Crippen LogP contribution in [0.2, 0.25) is 0 Å². The predicted molar refractivity (Wildman–Crippen MR) is 62.2 cm³/mol. The number of hydrogen-bond donors (Lipinski definition) is 0. The van der Waals surface area contributed by atoms with Crippen LogP contribution in [-0.4, -0.2) is 6.29 Å². The molecule has 0 aromatic heterocycles. The van der Waals surface area contributed by atoms with E-state index in [4.69, 9.17) is 0 Å². The van der Waals surface area contributed by atoms with Crippen molar-refractivity contribution in [3.8, 4) is 11.1 Å². The number of aldehydes is 1. The maximum Gasteiger partial charge on any atom is 0.417 e. The van der Waals surface area contributed by atoms with Crippen LogP contribution in [0.5, 0.6) is 0 Å². The fourth-order valence-corrected chi connectivity index (χ4v) is 1.86. The van der Waals surface area contributed by atoms with Gasteiger partial charge in [0.25, 0.3) is 0 Å². The molecule has 0 saturated carbocycles. The summed E-state index contributed by atoms with van der Waals surface area (Å²) < 4.78 is 65.0. The van der Waals surface area contributed by atoms with Gasteiger partial charge in [-0.1, -0.05) is 18.2 Å². The Kier molecular flexibility index (Phi) is 3.57. The van der Waals surface area contributed by atoms with Crippen molar-refractivity contribution in [1.29, 1.82) is 0 Å². The lowest BCUT2D eigenvalue weighted by atomic mass is 9.95. The summed E-state index contributed by atoms with van der Waals surface area (Å²) in [5, 5.41) is 0. The summed E-state index contributed by atoms with van der Waals surface area (Å²) in [7, 11) is 0. The SMILES string of the molecule is O=Cc1cc(F)c(F)cc1-c1ccccc1C(F)(F)F.